The Hall–Kier alpha value is -2.39. The van der Waals surface area contributed by atoms with Crippen LogP contribution in [0, 0.1) is 6.92 Å². The molecule has 0 fully saturated rings. The molecule has 0 unspecified atom stereocenters. The van der Waals surface area contributed by atoms with Gasteiger partial charge in [0.25, 0.3) is 0 Å². The molecule has 1 heterocycles. The summed E-state index contributed by atoms with van der Waals surface area (Å²) >= 11 is 12.6. The maximum absolute atomic E-state index is 12.8. The third kappa shape index (κ3) is 4.93. The molecule has 164 valence electrons. The number of carbonyl (C=O) groups is 1. The van der Waals surface area contributed by atoms with E-state index < -0.39 is 21.5 Å². The topological polar surface area (TPSA) is 106 Å². The van der Waals surface area contributed by atoms with Gasteiger partial charge in [0.2, 0.25) is 10.0 Å². The van der Waals surface area contributed by atoms with Crippen molar-refractivity contribution in [2.75, 3.05) is 0 Å². The third-order valence-corrected chi connectivity index (χ3v) is 7.15. The van der Waals surface area contributed by atoms with E-state index in [1.807, 2.05) is 31.2 Å². The number of rotatable bonds is 7. The molecule has 0 aliphatic heterocycles. The average molecular weight is 483 g/mol. The summed E-state index contributed by atoms with van der Waals surface area (Å²) in [5, 5.41) is 10.2. The Morgan fingerprint density at radius 1 is 1.16 bits per heavy atom. The van der Waals surface area contributed by atoms with E-state index in [-0.39, 0.29) is 27.1 Å². The van der Waals surface area contributed by atoms with Gasteiger partial charge in [0.15, 0.2) is 0 Å². The number of para-hydroxylation sites is 1. The van der Waals surface area contributed by atoms with E-state index in [1.165, 1.54) is 26.0 Å². The molecular weight excluding hydrogens is 463 g/mol. The molecule has 0 saturated heterocycles. The van der Waals surface area contributed by atoms with Crippen LogP contribution >= 0.6 is 23.2 Å². The van der Waals surface area contributed by atoms with Crippen LogP contribution in [0.3, 0.4) is 0 Å². The second-order valence-electron chi connectivity index (χ2n) is 7.44. The van der Waals surface area contributed by atoms with Crippen LogP contribution in [-0.4, -0.2) is 30.0 Å². The van der Waals surface area contributed by atoms with Crippen molar-refractivity contribution >= 4 is 50.1 Å². The second-order valence-corrected chi connectivity index (χ2v) is 9.88. The Morgan fingerprint density at radius 2 is 1.87 bits per heavy atom. The van der Waals surface area contributed by atoms with Crippen LogP contribution in [0.15, 0.2) is 47.4 Å². The van der Waals surface area contributed by atoms with Crippen LogP contribution in [0.5, 0.6) is 5.75 Å². The molecule has 0 amide bonds. The molecule has 0 spiro atoms. The first kappa shape index (κ1) is 23.3. The van der Waals surface area contributed by atoms with Gasteiger partial charge in [-0.05, 0) is 45.0 Å². The molecule has 1 aromatic heterocycles. The lowest BCUT2D eigenvalue weighted by Gasteiger charge is -2.22. The highest BCUT2D eigenvalue weighted by Crippen LogP contribution is 2.33. The zero-order chi connectivity index (χ0) is 23.0. The summed E-state index contributed by atoms with van der Waals surface area (Å²) in [6.45, 7) is 4.22. The van der Waals surface area contributed by atoms with Gasteiger partial charge in [-0.2, -0.15) is 4.72 Å². The van der Waals surface area contributed by atoms with E-state index in [4.69, 9.17) is 27.9 Å². The fourth-order valence-corrected chi connectivity index (χ4v) is 5.09. The van der Waals surface area contributed by atoms with Crippen LogP contribution in [0.1, 0.15) is 25.1 Å². The number of aryl methyl sites for hydroxylation is 1. The van der Waals surface area contributed by atoms with Crippen molar-refractivity contribution in [3.63, 3.8) is 0 Å². The summed E-state index contributed by atoms with van der Waals surface area (Å²) in [6.07, 6.45) is 0. The molecular formula is C21H20Cl2N2O5S. The van der Waals surface area contributed by atoms with Crippen LogP contribution in [0.2, 0.25) is 10.0 Å². The minimum atomic E-state index is -4.25. The first-order chi connectivity index (χ1) is 14.4. The summed E-state index contributed by atoms with van der Waals surface area (Å²) in [5.74, 6) is -0.838. The molecule has 3 aromatic rings. The van der Waals surface area contributed by atoms with Crippen LogP contribution < -0.4 is 9.46 Å². The van der Waals surface area contributed by atoms with Crippen molar-refractivity contribution in [1.29, 1.82) is 0 Å². The number of nitrogens with zero attached hydrogens (tertiary/aromatic N) is 1. The average Bonchev–Trinajstić information content (AvgIpc) is 2.66. The van der Waals surface area contributed by atoms with Crippen LogP contribution in [0.25, 0.3) is 10.9 Å². The van der Waals surface area contributed by atoms with Gasteiger partial charge in [-0.15, -0.1) is 0 Å². The zero-order valence-electron chi connectivity index (χ0n) is 16.9. The Kier molecular flexibility index (Phi) is 6.48. The van der Waals surface area contributed by atoms with Crippen LogP contribution in [0.4, 0.5) is 0 Å². The third-order valence-electron chi connectivity index (χ3n) is 4.56. The number of aromatic nitrogens is 1. The molecule has 10 heteroatoms. The first-order valence-electron chi connectivity index (χ1n) is 9.16. The van der Waals surface area contributed by atoms with E-state index >= 15 is 0 Å². The number of carboxylic acid groups (broad SMARTS) is 1. The van der Waals surface area contributed by atoms with Crippen molar-refractivity contribution in [2.24, 2.45) is 0 Å². The molecule has 0 aliphatic rings. The number of aliphatic carboxylic acids is 1. The number of hydrogen-bond acceptors (Lipinski definition) is 5. The lowest BCUT2D eigenvalue weighted by molar-refractivity contribution is -0.142. The number of ether oxygens (including phenoxy) is 1. The van der Waals surface area contributed by atoms with Crippen LogP contribution in [-0.2, 0) is 21.4 Å². The fourth-order valence-electron chi connectivity index (χ4n) is 2.83. The minimum absolute atomic E-state index is 0.113. The van der Waals surface area contributed by atoms with E-state index in [2.05, 4.69) is 9.71 Å². The van der Waals surface area contributed by atoms with E-state index in [9.17, 15) is 18.3 Å². The Bertz CT molecular complexity index is 1280. The van der Waals surface area contributed by atoms with E-state index in [1.54, 1.807) is 6.07 Å². The highest BCUT2D eigenvalue weighted by Gasteiger charge is 2.34. The number of benzene rings is 2. The highest BCUT2D eigenvalue weighted by molar-refractivity contribution is 7.89. The standard InChI is InChI=1S/C21H20Cl2N2O5S/c1-12-7-8-13-5-4-6-16(19(13)24-12)30-11-14-15(22)9-10-17(18(14)23)31(28,29)25-21(2,3)20(26)27/h4-10,25H,11H2,1-3H3,(H,26,27). The monoisotopic (exact) mass is 482 g/mol. The Balaban J connectivity index is 1.95. The molecule has 2 aromatic carbocycles. The predicted octanol–water partition coefficient (Wildman–Crippen LogP) is 4.57. The predicted molar refractivity (Wildman–Crippen MR) is 119 cm³/mol. The van der Waals surface area contributed by atoms with Gasteiger partial charge in [-0.3, -0.25) is 4.79 Å². The molecule has 7 nitrogen and oxygen atoms in total. The van der Waals surface area contributed by atoms with Gasteiger partial charge >= 0.3 is 5.97 Å². The summed E-state index contributed by atoms with van der Waals surface area (Å²) in [7, 11) is -4.25. The number of halogens is 2. The molecule has 0 aliphatic carbocycles. The van der Waals surface area contributed by atoms with Gasteiger partial charge < -0.3 is 9.84 Å². The smallest absolute Gasteiger partial charge is 0.324 e. The number of pyridine rings is 1. The van der Waals surface area contributed by atoms with Crippen molar-refractivity contribution in [2.45, 2.75) is 37.8 Å². The van der Waals surface area contributed by atoms with Crippen molar-refractivity contribution in [3.05, 3.63) is 63.8 Å². The van der Waals surface area contributed by atoms with Crippen molar-refractivity contribution in [1.82, 2.24) is 9.71 Å². The molecule has 0 saturated carbocycles. The highest BCUT2D eigenvalue weighted by atomic mass is 35.5. The normalized spacial score (nSPS) is 12.2. The number of sulfonamides is 1. The summed E-state index contributed by atoms with van der Waals surface area (Å²) in [6, 6.07) is 11.9. The minimum Gasteiger partial charge on any atom is -0.487 e. The number of hydrogen-bond donors (Lipinski definition) is 2. The van der Waals surface area contributed by atoms with E-state index in [0.717, 1.165) is 11.1 Å². The lowest BCUT2D eigenvalue weighted by Crippen LogP contribution is -2.49. The lowest BCUT2D eigenvalue weighted by atomic mass is 10.1. The summed E-state index contributed by atoms with van der Waals surface area (Å²) < 4.78 is 33.6. The Morgan fingerprint density at radius 3 is 2.55 bits per heavy atom. The Labute approximate surface area is 190 Å². The fraction of sp³-hybridized carbons (Fsp3) is 0.238. The maximum atomic E-state index is 12.8. The molecule has 0 radical (unpaired) electrons. The van der Waals surface area contributed by atoms with Gasteiger partial charge in [-0.1, -0.05) is 41.4 Å². The molecule has 0 atom stereocenters. The molecule has 3 rings (SSSR count). The molecule has 31 heavy (non-hydrogen) atoms. The largest absolute Gasteiger partial charge is 0.487 e. The van der Waals surface area contributed by atoms with Crippen molar-refractivity contribution in [3.8, 4) is 5.75 Å². The quantitative estimate of drug-likeness (QED) is 0.510. The zero-order valence-corrected chi connectivity index (χ0v) is 19.3. The summed E-state index contributed by atoms with van der Waals surface area (Å²) in [4.78, 5) is 15.5. The van der Waals surface area contributed by atoms with E-state index in [0.29, 0.717) is 11.3 Å². The van der Waals surface area contributed by atoms with Gasteiger partial charge in [0.1, 0.15) is 28.3 Å². The maximum Gasteiger partial charge on any atom is 0.324 e. The summed E-state index contributed by atoms with van der Waals surface area (Å²) in [5.41, 5.74) is -0.00230. The second kappa shape index (κ2) is 8.63. The molecule has 2 N–H and O–H groups in total. The van der Waals surface area contributed by atoms with Gasteiger partial charge in [-0.25, -0.2) is 13.4 Å². The number of carboxylic acids is 1. The number of fused-ring (bicyclic) bond motifs is 1. The van der Waals surface area contributed by atoms with Gasteiger partial charge in [0, 0.05) is 21.7 Å². The molecule has 0 bridgehead atoms. The number of nitrogens with one attached hydrogen (secondary N) is 1. The van der Waals surface area contributed by atoms with Crippen molar-refractivity contribution < 1.29 is 23.1 Å². The van der Waals surface area contributed by atoms with Gasteiger partial charge in [0.05, 0.1) is 5.02 Å². The first-order valence-corrected chi connectivity index (χ1v) is 11.4. The SMILES string of the molecule is Cc1ccc2cccc(OCc3c(Cl)ccc(S(=O)(=O)NC(C)(C)C(=O)O)c3Cl)c2n1.